The Kier molecular flexibility index (Phi) is 5.26. The number of amides is 1. The molecule has 1 aromatic rings. The van der Waals surface area contributed by atoms with E-state index in [1.54, 1.807) is 0 Å². The molecule has 3 atom stereocenters. The second-order valence-corrected chi connectivity index (χ2v) is 7.82. The minimum atomic E-state index is -0.432. The Morgan fingerprint density at radius 2 is 1.88 bits per heavy atom. The molecule has 4 heteroatoms. The van der Waals surface area contributed by atoms with Gasteiger partial charge in [-0.15, -0.1) is 0 Å². The molecule has 1 saturated heterocycles. The van der Waals surface area contributed by atoms with E-state index in [1.807, 2.05) is 42.2 Å². The highest BCUT2D eigenvalue weighted by molar-refractivity contribution is 5.80. The SMILES string of the molecule is CC1(N)CCCCC1C(=O)N1CCC(C(O)c2ccccc2)CC1. The zero-order chi connectivity index (χ0) is 17.2. The molecule has 0 bridgehead atoms. The summed E-state index contributed by atoms with van der Waals surface area (Å²) in [5.74, 6) is 0.418. The van der Waals surface area contributed by atoms with E-state index in [0.29, 0.717) is 0 Å². The summed E-state index contributed by atoms with van der Waals surface area (Å²) in [4.78, 5) is 14.9. The fourth-order valence-electron chi connectivity index (χ4n) is 4.34. The van der Waals surface area contributed by atoms with Crippen LogP contribution in [0.25, 0.3) is 0 Å². The molecule has 0 spiro atoms. The van der Waals surface area contributed by atoms with Crippen LogP contribution in [-0.4, -0.2) is 34.5 Å². The van der Waals surface area contributed by atoms with E-state index in [-0.39, 0.29) is 23.3 Å². The number of likely N-dealkylation sites (tertiary alicyclic amines) is 1. The van der Waals surface area contributed by atoms with Gasteiger partial charge in [-0.2, -0.15) is 0 Å². The number of piperidine rings is 1. The Hall–Kier alpha value is -1.39. The molecule has 1 heterocycles. The topological polar surface area (TPSA) is 66.6 Å². The summed E-state index contributed by atoms with van der Waals surface area (Å²) >= 11 is 0. The summed E-state index contributed by atoms with van der Waals surface area (Å²) in [6.45, 7) is 3.50. The van der Waals surface area contributed by atoms with Crippen LogP contribution in [-0.2, 0) is 4.79 Å². The fraction of sp³-hybridized carbons (Fsp3) is 0.650. The largest absolute Gasteiger partial charge is 0.388 e. The summed E-state index contributed by atoms with van der Waals surface area (Å²) in [5.41, 5.74) is 7.00. The third-order valence-corrected chi connectivity index (χ3v) is 5.99. The molecule has 132 valence electrons. The summed E-state index contributed by atoms with van der Waals surface area (Å²) in [6, 6.07) is 9.84. The number of aliphatic hydroxyl groups is 1. The van der Waals surface area contributed by atoms with Gasteiger partial charge in [-0.1, -0.05) is 43.2 Å². The molecule has 1 saturated carbocycles. The number of rotatable bonds is 3. The molecular weight excluding hydrogens is 300 g/mol. The van der Waals surface area contributed by atoms with Crippen LogP contribution in [0.3, 0.4) is 0 Å². The van der Waals surface area contributed by atoms with E-state index < -0.39 is 6.10 Å². The van der Waals surface area contributed by atoms with Gasteiger partial charge < -0.3 is 15.7 Å². The van der Waals surface area contributed by atoms with Crippen molar-refractivity contribution in [1.82, 2.24) is 4.90 Å². The van der Waals surface area contributed by atoms with Gasteiger partial charge in [0.1, 0.15) is 0 Å². The van der Waals surface area contributed by atoms with Gasteiger partial charge in [0.15, 0.2) is 0 Å². The maximum absolute atomic E-state index is 12.9. The normalized spacial score (nSPS) is 30.1. The number of nitrogens with two attached hydrogens (primary N) is 1. The second kappa shape index (κ2) is 7.24. The molecule has 3 N–H and O–H groups in total. The lowest BCUT2D eigenvalue weighted by Gasteiger charge is -2.42. The van der Waals surface area contributed by atoms with Crippen molar-refractivity contribution in [2.45, 2.75) is 57.1 Å². The van der Waals surface area contributed by atoms with E-state index in [0.717, 1.165) is 57.2 Å². The van der Waals surface area contributed by atoms with E-state index in [4.69, 9.17) is 5.73 Å². The first-order valence-electron chi connectivity index (χ1n) is 9.30. The molecular formula is C20H30N2O2. The second-order valence-electron chi connectivity index (χ2n) is 7.82. The molecule has 24 heavy (non-hydrogen) atoms. The maximum Gasteiger partial charge on any atom is 0.227 e. The Bertz CT molecular complexity index is 550. The van der Waals surface area contributed by atoms with E-state index in [2.05, 4.69) is 0 Å². The Labute approximate surface area is 145 Å². The number of aliphatic hydroxyl groups excluding tert-OH is 1. The first kappa shape index (κ1) is 17.4. The number of carbonyl (C=O) groups excluding carboxylic acids is 1. The molecule has 0 radical (unpaired) electrons. The summed E-state index contributed by atoms with van der Waals surface area (Å²) < 4.78 is 0. The Morgan fingerprint density at radius 1 is 1.21 bits per heavy atom. The average molecular weight is 330 g/mol. The highest BCUT2D eigenvalue weighted by atomic mass is 16.3. The maximum atomic E-state index is 12.9. The third kappa shape index (κ3) is 3.65. The van der Waals surface area contributed by atoms with Crippen LogP contribution >= 0.6 is 0 Å². The van der Waals surface area contributed by atoms with Gasteiger partial charge in [0.2, 0.25) is 5.91 Å². The first-order valence-corrected chi connectivity index (χ1v) is 9.30. The molecule has 3 unspecified atom stereocenters. The molecule has 1 amide bonds. The predicted molar refractivity (Wildman–Crippen MR) is 95.3 cm³/mol. The Balaban J connectivity index is 1.58. The van der Waals surface area contributed by atoms with Crippen molar-refractivity contribution in [3.05, 3.63) is 35.9 Å². The van der Waals surface area contributed by atoms with Crippen molar-refractivity contribution < 1.29 is 9.90 Å². The monoisotopic (exact) mass is 330 g/mol. The van der Waals surface area contributed by atoms with Crippen molar-refractivity contribution >= 4 is 5.91 Å². The highest BCUT2D eigenvalue weighted by Gasteiger charge is 2.40. The highest BCUT2D eigenvalue weighted by Crippen LogP contribution is 2.35. The fourth-order valence-corrected chi connectivity index (χ4v) is 4.34. The van der Waals surface area contributed by atoms with Crippen molar-refractivity contribution in [1.29, 1.82) is 0 Å². The third-order valence-electron chi connectivity index (χ3n) is 5.99. The minimum Gasteiger partial charge on any atom is -0.388 e. The van der Waals surface area contributed by atoms with E-state index in [9.17, 15) is 9.90 Å². The zero-order valence-electron chi connectivity index (χ0n) is 14.7. The lowest BCUT2D eigenvalue weighted by atomic mass is 9.73. The van der Waals surface area contributed by atoms with Crippen molar-refractivity contribution in [2.24, 2.45) is 17.6 Å². The zero-order valence-corrected chi connectivity index (χ0v) is 14.7. The van der Waals surface area contributed by atoms with E-state index in [1.165, 1.54) is 0 Å². The molecule has 2 aliphatic rings. The van der Waals surface area contributed by atoms with Crippen LogP contribution < -0.4 is 5.73 Å². The van der Waals surface area contributed by atoms with E-state index >= 15 is 0 Å². The summed E-state index contributed by atoms with van der Waals surface area (Å²) in [6.07, 6.45) is 5.36. The van der Waals surface area contributed by atoms with Gasteiger partial charge >= 0.3 is 0 Å². The number of carbonyl (C=O) groups is 1. The number of hydrogen-bond acceptors (Lipinski definition) is 3. The smallest absolute Gasteiger partial charge is 0.227 e. The molecule has 3 rings (SSSR count). The van der Waals surface area contributed by atoms with Gasteiger partial charge in [-0.3, -0.25) is 4.79 Å². The molecule has 1 aliphatic heterocycles. The minimum absolute atomic E-state index is 0.0400. The van der Waals surface area contributed by atoms with Crippen LogP contribution in [0.5, 0.6) is 0 Å². The molecule has 1 aromatic carbocycles. The predicted octanol–water partition coefficient (Wildman–Crippen LogP) is 2.87. The molecule has 4 nitrogen and oxygen atoms in total. The van der Waals surface area contributed by atoms with Gasteiger partial charge in [-0.05, 0) is 44.1 Å². The van der Waals surface area contributed by atoms with Gasteiger partial charge in [0.05, 0.1) is 12.0 Å². The van der Waals surface area contributed by atoms with Crippen LogP contribution in [0.15, 0.2) is 30.3 Å². The lowest BCUT2D eigenvalue weighted by molar-refractivity contribution is -0.141. The van der Waals surface area contributed by atoms with Gasteiger partial charge in [-0.25, -0.2) is 0 Å². The standard InChI is InChI=1S/C20H30N2O2/c1-20(21)12-6-5-9-17(20)19(24)22-13-10-16(11-14-22)18(23)15-7-3-2-4-8-15/h2-4,7-8,16-18,23H,5-6,9-14,21H2,1H3. The molecule has 2 fully saturated rings. The first-order chi connectivity index (χ1) is 11.5. The summed E-state index contributed by atoms with van der Waals surface area (Å²) in [7, 11) is 0. The number of nitrogens with zero attached hydrogens (tertiary/aromatic N) is 1. The summed E-state index contributed by atoms with van der Waals surface area (Å²) in [5, 5.41) is 10.6. The van der Waals surface area contributed by atoms with Crippen LogP contribution in [0.4, 0.5) is 0 Å². The quantitative estimate of drug-likeness (QED) is 0.895. The van der Waals surface area contributed by atoms with Gasteiger partial charge in [0.25, 0.3) is 0 Å². The van der Waals surface area contributed by atoms with Crippen molar-refractivity contribution in [3.8, 4) is 0 Å². The number of benzene rings is 1. The van der Waals surface area contributed by atoms with Gasteiger partial charge in [0, 0.05) is 18.6 Å². The average Bonchev–Trinajstić information content (AvgIpc) is 2.61. The Morgan fingerprint density at radius 3 is 2.50 bits per heavy atom. The molecule has 1 aliphatic carbocycles. The van der Waals surface area contributed by atoms with Crippen molar-refractivity contribution in [2.75, 3.05) is 13.1 Å². The van der Waals surface area contributed by atoms with Crippen LogP contribution in [0.2, 0.25) is 0 Å². The number of hydrogen-bond donors (Lipinski definition) is 2. The van der Waals surface area contributed by atoms with Crippen LogP contribution in [0.1, 0.15) is 57.1 Å². The van der Waals surface area contributed by atoms with Crippen molar-refractivity contribution in [3.63, 3.8) is 0 Å². The lowest BCUT2D eigenvalue weighted by Crippen LogP contribution is -2.55. The molecule has 0 aromatic heterocycles. The van der Waals surface area contributed by atoms with Crippen LogP contribution in [0, 0.1) is 11.8 Å².